The van der Waals surface area contributed by atoms with Gasteiger partial charge >= 0.3 is 0 Å². The molecule has 2 nitrogen and oxygen atoms in total. The Bertz CT molecular complexity index is 445. The molecular formula is C14H18N2. The maximum absolute atomic E-state index is 5.63. The van der Waals surface area contributed by atoms with E-state index in [9.17, 15) is 0 Å². The Morgan fingerprint density at radius 3 is 2.94 bits per heavy atom. The normalized spacial score (nSPS) is 26.8. The summed E-state index contributed by atoms with van der Waals surface area (Å²) in [5.74, 6) is 0. The highest BCUT2D eigenvalue weighted by molar-refractivity contribution is 6.01. The lowest BCUT2D eigenvalue weighted by Gasteiger charge is -2.17. The highest BCUT2D eigenvalue weighted by Crippen LogP contribution is 2.28. The molecule has 0 spiro atoms. The van der Waals surface area contributed by atoms with Crippen LogP contribution in [0.15, 0.2) is 51.8 Å². The SMILES string of the molecule is CC1=NC2=C(C=CCC2)C/C(C)=C\C1=C\N. The van der Waals surface area contributed by atoms with E-state index in [1.807, 2.05) is 6.92 Å². The van der Waals surface area contributed by atoms with Gasteiger partial charge in [0.1, 0.15) is 0 Å². The third kappa shape index (κ3) is 2.16. The third-order valence-electron chi connectivity index (χ3n) is 3.01. The molecule has 0 fully saturated rings. The van der Waals surface area contributed by atoms with Crippen molar-refractivity contribution in [3.63, 3.8) is 0 Å². The molecule has 0 amide bonds. The predicted octanol–water partition coefficient (Wildman–Crippen LogP) is 3.24. The number of nitrogens with two attached hydrogens (primary N) is 1. The Kier molecular flexibility index (Phi) is 3.09. The lowest BCUT2D eigenvalue weighted by molar-refractivity contribution is 0.898. The minimum Gasteiger partial charge on any atom is -0.404 e. The van der Waals surface area contributed by atoms with Crippen LogP contribution in [0.3, 0.4) is 0 Å². The van der Waals surface area contributed by atoms with Crippen molar-refractivity contribution in [3.05, 3.63) is 46.8 Å². The van der Waals surface area contributed by atoms with Crippen LogP contribution in [0.2, 0.25) is 0 Å². The Labute approximate surface area is 96.9 Å². The van der Waals surface area contributed by atoms with E-state index in [4.69, 9.17) is 10.7 Å². The monoisotopic (exact) mass is 214 g/mol. The average molecular weight is 214 g/mol. The van der Waals surface area contributed by atoms with Crippen molar-refractivity contribution >= 4 is 5.71 Å². The van der Waals surface area contributed by atoms with Crippen LogP contribution in [-0.4, -0.2) is 5.71 Å². The van der Waals surface area contributed by atoms with Crippen molar-refractivity contribution < 1.29 is 0 Å². The summed E-state index contributed by atoms with van der Waals surface area (Å²) in [7, 11) is 0. The molecule has 2 rings (SSSR count). The Hall–Kier alpha value is -1.57. The molecule has 0 radical (unpaired) electrons. The second kappa shape index (κ2) is 4.52. The molecule has 16 heavy (non-hydrogen) atoms. The zero-order valence-corrected chi connectivity index (χ0v) is 9.96. The van der Waals surface area contributed by atoms with Gasteiger partial charge in [0.15, 0.2) is 0 Å². The number of nitrogens with zero attached hydrogens (tertiary/aromatic N) is 1. The number of hydrogen-bond donors (Lipinski definition) is 1. The Balaban J connectivity index is 2.50. The molecule has 0 saturated carbocycles. The second-order valence-electron chi connectivity index (χ2n) is 4.40. The Morgan fingerprint density at radius 2 is 2.19 bits per heavy atom. The van der Waals surface area contributed by atoms with Gasteiger partial charge in [0.05, 0.1) is 0 Å². The molecule has 2 heteroatoms. The van der Waals surface area contributed by atoms with Gasteiger partial charge in [0.2, 0.25) is 0 Å². The van der Waals surface area contributed by atoms with Gasteiger partial charge in [-0.15, -0.1) is 0 Å². The first-order chi connectivity index (χ1) is 7.70. The molecule has 1 heterocycles. The van der Waals surface area contributed by atoms with Gasteiger partial charge in [-0.2, -0.15) is 0 Å². The summed E-state index contributed by atoms with van der Waals surface area (Å²) in [6.45, 7) is 4.17. The minimum absolute atomic E-state index is 0.986. The molecule has 0 aromatic rings. The Morgan fingerprint density at radius 1 is 1.38 bits per heavy atom. The maximum atomic E-state index is 5.63. The van der Waals surface area contributed by atoms with Gasteiger partial charge in [-0.05, 0) is 38.7 Å². The van der Waals surface area contributed by atoms with Crippen molar-refractivity contribution in [3.8, 4) is 0 Å². The van der Waals surface area contributed by atoms with Crippen molar-refractivity contribution in [1.82, 2.24) is 0 Å². The molecule has 0 unspecified atom stereocenters. The van der Waals surface area contributed by atoms with Crippen LogP contribution in [0, 0.1) is 0 Å². The molecule has 2 aliphatic rings. The van der Waals surface area contributed by atoms with Crippen molar-refractivity contribution in [1.29, 1.82) is 0 Å². The topological polar surface area (TPSA) is 38.4 Å². The fourth-order valence-electron chi connectivity index (χ4n) is 2.15. The van der Waals surface area contributed by atoms with E-state index >= 15 is 0 Å². The summed E-state index contributed by atoms with van der Waals surface area (Å²) < 4.78 is 0. The number of rotatable bonds is 0. The molecule has 1 aliphatic carbocycles. The largest absolute Gasteiger partial charge is 0.404 e. The highest BCUT2D eigenvalue weighted by atomic mass is 14.8. The van der Waals surface area contributed by atoms with Gasteiger partial charge < -0.3 is 5.73 Å². The van der Waals surface area contributed by atoms with Crippen molar-refractivity contribution in [2.75, 3.05) is 0 Å². The van der Waals surface area contributed by atoms with Crippen LogP contribution in [-0.2, 0) is 0 Å². The first-order valence-corrected chi connectivity index (χ1v) is 5.74. The maximum Gasteiger partial charge on any atom is 0.0462 e. The van der Waals surface area contributed by atoms with E-state index in [0.29, 0.717) is 0 Å². The summed E-state index contributed by atoms with van der Waals surface area (Å²) in [6, 6.07) is 0. The molecule has 0 aromatic heterocycles. The molecule has 2 N–H and O–H groups in total. The smallest absolute Gasteiger partial charge is 0.0462 e. The summed E-state index contributed by atoms with van der Waals surface area (Å²) >= 11 is 0. The fourth-order valence-corrected chi connectivity index (χ4v) is 2.15. The molecule has 0 atom stereocenters. The van der Waals surface area contributed by atoms with E-state index in [2.05, 4.69) is 25.2 Å². The van der Waals surface area contributed by atoms with Crippen LogP contribution in [0.25, 0.3) is 0 Å². The van der Waals surface area contributed by atoms with Gasteiger partial charge in [0, 0.05) is 23.2 Å². The highest BCUT2D eigenvalue weighted by Gasteiger charge is 2.12. The van der Waals surface area contributed by atoms with Crippen molar-refractivity contribution in [2.24, 2.45) is 10.7 Å². The van der Waals surface area contributed by atoms with E-state index < -0.39 is 0 Å². The number of aliphatic imine (C=N–C) groups is 1. The van der Waals surface area contributed by atoms with Crippen LogP contribution < -0.4 is 5.73 Å². The van der Waals surface area contributed by atoms with Crippen LogP contribution in [0.5, 0.6) is 0 Å². The first-order valence-electron chi connectivity index (χ1n) is 5.74. The standard InChI is InChI=1S/C14H18N2/c1-10-7-12-5-3-4-6-14(12)16-11(2)13(8-10)9-15/h3,5,8-9H,4,6-7,15H2,1-2H3/b10-8-,13-9-,16-11?. The summed E-state index contributed by atoms with van der Waals surface area (Å²) in [5.41, 5.74) is 11.6. The zero-order valence-electron chi connectivity index (χ0n) is 9.96. The van der Waals surface area contributed by atoms with Crippen LogP contribution in [0.4, 0.5) is 0 Å². The third-order valence-corrected chi connectivity index (χ3v) is 3.01. The van der Waals surface area contributed by atoms with Crippen LogP contribution >= 0.6 is 0 Å². The molecule has 0 aromatic carbocycles. The predicted molar refractivity (Wildman–Crippen MR) is 69.2 cm³/mol. The number of hydrogen-bond acceptors (Lipinski definition) is 2. The molecule has 0 saturated heterocycles. The molecular weight excluding hydrogens is 196 g/mol. The zero-order chi connectivity index (χ0) is 11.5. The van der Waals surface area contributed by atoms with Gasteiger partial charge in [0.25, 0.3) is 0 Å². The summed E-state index contributed by atoms with van der Waals surface area (Å²) in [6.07, 6.45) is 11.4. The average Bonchev–Trinajstić information content (AvgIpc) is 2.26. The van der Waals surface area contributed by atoms with E-state index in [0.717, 1.165) is 30.5 Å². The minimum atomic E-state index is 0.986. The quantitative estimate of drug-likeness (QED) is 0.660. The summed E-state index contributed by atoms with van der Waals surface area (Å²) in [4.78, 5) is 4.70. The van der Waals surface area contributed by atoms with Crippen molar-refractivity contribution in [2.45, 2.75) is 33.1 Å². The molecule has 0 bridgehead atoms. The first kappa shape index (κ1) is 10.9. The molecule has 84 valence electrons. The van der Waals surface area contributed by atoms with Gasteiger partial charge in [-0.3, -0.25) is 4.99 Å². The lowest BCUT2D eigenvalue weighted by Crippen LogP contribution is -2.05. The second-order valence-corrected chi connectivity index (χ2v) is 4.40. The summed E-state index contributed by atoms with van der Waals surface area (Å²) in [5, 5.41) is 0. The van der Waals surface area contributed by atoms with Gasteiger partial charge in [-0.25, -0.2) is 0 Å². The van der Waals surface area contributed by atoms with Crippen LogP contribution in [0.1, 0.15) is 33.1 Å². The lowest BCUT2D eigenvalue weighted by atomic mass is 9.94. The fraction of sp³-hybridized carbons (Fsp3) is 0.357. The molecule has 1 aliphatic heterocycles. The number of allylic oxidation sites excluding steroid dienone is 7. The van der Waals surface area contributed by atoms with E-state index in [1.54, 1.807) is 6.20 Å². The van der Waals surface area contributed by atoms with E-state index in [-0.39, 0.29) is 0 Å². The van der Waals surface area contributed by atoms with E-state index in [1.165, 1.54) is 16.8 Å². The van der Waals surface area contributed by atoms with Gasteiger partial charge in [-0.1, -0.05) is 23.8 Å².